The largest absolute Gasteiger partial charge is 0.474 e. The highest BCUT2D eigenvalue weighted by Crippen LogP contribution is 2.23. The average Bonchev–Trinajstić information content (AvgIpc) is 1.97. The van der Waals surface area contributed by atoms with Crippen molar-refractivity contribution in [2.75, 3.05) is 5.73 Å². The van der Waals surface area contributed by atoms with Crippen molar-refractivity contribution in [3.05, 3.63) is 18.2 Å². The summed E-state index contributed by atoms with van der Waals surface area (Å²) in [7, 11) is 0. The highest BCUT2D eigenvalue weighted by Gasteiger charge is 2.19. The summed E-state index contributed by atoms with van der Waals surface area (Å²) in [5.41, 5.74) is 5.50. The summed E-state index contributed by atoms with van der Waals surface area (Å²) in [6, 6.07) is 5.46. The van der Waals surface area contributed by atoms with Gasteiger partial charge in [-0.25, -0.2) is 0 Å². The molecule has 1 fully saturated rings. The van der Waals surface area contributed by atoms with Crippen LogP contribution in [0.15, 0.2) is 18.2 Å². The van der Waals surface area contributed by atoms with E-state index in [-0.39, 0.29) is 0 Å². The van der Waals surface area contributed by atoms with Crippen molar-refractivity contribution in [2.24, 2.45) is 0 Å². The van der Waals surface area contributed by atoms with Crippen LogP contribution in [-0.2, 0) is 0 Å². The van der Waals surface area contributed by atoms with E-state index >= 15 is 0 Å². The van der Waals surface area contributed by atoms with Crippen LogP contribution in [0, 0.1) is 0 Å². The van der Waals surface area contributed by atoms with Gasteiger partial charge in [0, 0.05) is 6.07 Å². The van der Waals surface area contributed by atoms with Crippen molar-refractivity contribution >= 4 is 5.82 Å². The first-order valence-corrected chi connectivity index (χ1v) is 4.24. The Morgan fingerprint density at radius 1 is 1.42 bits per heavy atom. The van der Waals surface area contributed by atoms with Crippen LogP contribution in [0.3, 0.4) is 0 Å². The maximum absolute atomic E-state index is 5.54. The normalized spacial score (nSPS) is 17.0. The number of hydrogen-bond donors (Lipinski definition) is 1. The van der Waals surface area contributed by atoms with Gasteiger partial charge in [-0.2, -0.15) is 4.98 Å². The number of aromatic nitrogens is 1. The topological polar surface area (TPSA) is 48.1 Å². The lowest BCUT2D eigenvalue weighted by molar-refractivity contribution is 0.115. The lowest BCUT2D eigenvalue weighted by atomic mass is 9.96. The van der Waals surface area contributed by atoms with Gasteiger partial charge in [0.2, 0.25) is 5.88 Å². The quantitative estimate of drug-likeness (QED) is 0.722. The zero-order valence-corrected chi connectivity index (χ0v) is 6.86. The van der Waals surface area contributed by atoms with Gasteiger partial charge in [0.1, 0.15) is 11.9 Å². The van der Waals surface area contributed by atoms with E-state index in [0.717, 1.165) is 12.8 Å². The van der Waals surface area contributed by atoms with E-state index in [1.807, 2.05) is 12.1 Å². The Morgan fingerprint density at radius 3 is 2.83 bits per heavy atom. The molecular weight excluding hydrogens is 152 g/mol. The molecule has 1 aromatic heterocycles. The number of pyridine rings is 1. The molecule has 3 heteroatoms. The second-order valence-electron chi connectivity index (χ2n) is 3.07. The van der Waals surface area contributed by atoms with Crippen molar-refractivity contribution in [2.45, 2.75) is 25.4 Å². The zero-order chi connectivity index (χ0) is 8.39. The van der Waals surface area contributed by atoms with E-state index in [1.54, 1.807) is 6.07 Å². The molecule has 0 aliphatic heterocycles. The Balaban J connectivity index is 2.02. The van der Waals surface area contributed by atoms with E-state index in [9.17, 15) is 0 Å². The summed E-state index contributed by atoms with van der Waals surface area (Å²) in [5, 5.41) is 0. The molecule has 1 aliphatic rings. The lowest BCUT2D eigenvalue weighted by Crippen LogP contribution is -2.24. The monoisotopic (exact) mass is 164 g/mol. The molecule has 0 spiro atoms. The molecule has 1 heterocycles. The highest BCUT2D eigenvalue weighted by atomic mass is 16.5. The minimum Gasteiger partial charge on any atom is -0.474 e. The summed E-state index contributed by atoms with van der Waals surface area (Å²) in [5.74, 6) is 1.17. The van der Waals surface area contributed by atoms with Crippen molar-refractivity contribution in [1.82, 2.24) is 4.98 Å². The Morgan fingerprint density at radius 2 is 2.25 bits per heavy atom. The predicted molar refractivity (Wildman–Crippen MR) is 46.9 cm³/mol. The third-order valence-corrected chi connectivity index (χ3v) is 2.08. The Bertz CT molecular complexity index is 271. The smallest absolute Gasteiger partial charge is 0.215 e. The van der Waals surface area contributed by atoms with Crippen molar-refractivity contribution in [3.8, 4) is 5.88 Å². The number of hydrogen-bond acceptors (Lipinski definition) is 3. The van der Waals surface area contributed by atoms with E-state index in [0.29, 0.717) is 17.8 Å². The standard InChI is InChI=1S/C9H12N2O/c10-8-5-2-6-9(11-8)12-7-3-1-4-7/h2,5-7H,1,3-4H2,(H2,10,11). The predicted octanol–water partition coefficient (Wildman–Crippen LogP) is 1.60. The molecular formula is C9H12N2O. The van der Waals surface area contributed by atoms with Crippen LogP contribution in [-0.4, -0.2) is 11.1 Å². The molecule has 2 N–H and O–H groups in total. The molecule has 0 atom stereocenters. The molecule has 64 valence electrons. The minimum absolute atomic E-state index is 0.374. The number of nitrogen functional groups attached to an aromatic ring is 1. The van der Waals surface area contributed by atoms with E-state index in [2.05, 4.69) is 4.98 Å². The van der Waals surface area contributed by atoms with Crippen LogP contribution >= 0.6 is 0 Å². The van der Waals surface area contributed by atoms with Gasteiger partial charge in [-0.05, 0) is 25.3 Å². The van der Waals surface area contributed by atoms with Crippen LogP contribution in [0.2, 0.25) is 0 Å². The molecule has 0 bridgehead atoms. The number of ether oxygens (including phenoxy) is 1. The molecule has 1 aliphatic carbocycles. The van der Waals surface area contributed by atoms with Crippen LogP contribution in [0.25, 0.3) is 0 Å². The molecule has 2 rings (SSSR count). The Labute approximate surface area is 71.6 Å². The fourth-order valence-corrected chi connectivity index (χ4v) is 1.16. The van der Waals surface area contributed by atoms with E-state index < -0.39 is 0 Å². The summed E-state index contributed by atoms with van der Waals surface area (Å²) in [6.07, 6.45) is 3.94. The second-order valence-corrected chi connectivity index (χ2v) is 3.07. The van der Waals surface area contributed by atoms with Crippen LogP contribution in [0.4, 0.5) is 5.82 Å². The van der Waals surface area contributed by atoms with Gasteiger partial charge < -0.3 is 10.5 Å². The van der Waals surface area contributed by atoms with Crippen molar-refractivity contribution in [1.29, 1.82) is 0 Å². The summed E-state index contributed by atoms with van der Waals surface area (Å²) < 4.78 is 5.54. The number of nitrogens with two attached hydrogens (primary N) is 1. The van der Waals surface area contributed by atoms with Crippen LogP contribution < -0.4 is 10.5 Å². The van der Waals surface area contributed by atoms with Gasteiger partial charge in [-0.1, -0.05) is 6.07 Å². The zero-order valence-electron chi connectivity index (χ0n) is 6.86. The number of rotatable bonds is 2. The first-order valence-electron chi connectivity index (χ1n) is 4.24. The Hall–Kier alpha value is -1.25. The summed E-state index contributed by atoms with van der Waals surface area (Å²) in [6.45, 7) is 0. The van der Waals surface area contributed by atoms with Gasteiger partial charge in [0.05, 0.1) is 0 Å². The van der Waals surface area contributed by atoms with Gasteiger partial charge in [0.25, 0.3) is 0 Å². The van der Waals surface area contributed by atoms with E-state index in [4.69, 9.17) is 10.5 Å². The number of nitrogens with zero attached hydrogens (tertiary/aromatic N) is 1. The third-order valence-electron chi connectivity index (χ3n) is 2.08. The summed E-state index contributed by atoms with van der Waals surface area (Å²) >= 11 is 0. The first kappa shape index (κ1) is 7.40. The molecule has 1 aromatic rings. The molecule has 3 nitrogen and oxygen atoms in total. The molecule has 0 aromatic carbocycles. The average molecular weight is 164 g/mol. The SMILES string of the molecule is Nc1cccc(OC2CCC2)n1. The fourth-order valence-electron chi connectivity index (χ4n) is 1.16. The highest BCUT2D eigenvalue weighted by molar-refractivity contribution is 5.31. The van der Waals surface area contributed by atoms with Crippen molar-refractivity contribution in [3.63, 3.8) is 0 Å². The van der Waals surface area contributed by atoms with Gasteiger partial charge >= 0.3 is 0 Å². The molecule has 0 saturated heterocycles. The van der Waals surface area contributed by atoms with E-state index in [1.165, 1.54) is 6.42 Å². The Kier molecular flexibility index (Phi) is 1.86. The molecule has 0 unspecified atom stereocenters. The van der Waals surface area contributed by atoms with Crippen molar-refractivity contribution < 1.29 is 4.74 Å². The molecule has 12 heavy (non-hydrogen) atoms. The van der Waals surface area contributed by atoms with Gasteiger partial charge in [-0.3, -0.25) is 0 Å². The molecule has 1 saturated carbocycles. The fraction of sp³-hybridized carbons (Fsp3) is 0.444. The minimum atomic E-state index is 0.374. The van der Waals surface area contributed by atoms with Crippen LogP contribution in [0.5, 0.6) is 5.88 Å². The summed E-state index contributed by atoms with van der Waals surface area (Å²) in [4.78, 5) is 4.05. The second kappa shape index (κ2) is 3.01. The first-order chi connectivity index (χ1) is 5.84. The maximum Gasteiger partial charge on any atom is 0.215 e. The maximum atomic E-state index is 5.54. The lowest BCUT2D eigenvalue weighted by Gasteiger charge is -2.25. The molecule has 0 amide bonds. The van der Waals surface area contributed by atoms with Gasteiger partial charge in [-0.15, -0.1) is 0 Å². The molecule has 0 radical (unpaired) electrons. The van der Waals surface area contributed by atoms with Crippen LogP contribution in [0.1, 0.15) is 19.3 Å². The third kappa shape index (κ3) is 1.49. The van der Waals surface area contributed by atoms with Gasteiger partial charge in [0.15, 0.2) is 0 Å². The number of anilines is 1.